The number of carbonyl (C=O) groups is 1. The third-order valence-corrected chi connectivity index (χ3v) is 6.26. The van der Waals surface area contributed by atoms with E-state index in [1.165, 1.54) is 16.7 Å². The van der Waals surface area contributed by atoms with Gasteiger partial charge in [0, 0.05) is 24.0 Å². The predicted octanol–water partition coefficient (Wildman–Crippen LogP) is 5.34. The lowest BCUT2D eigenvalue weighted by Crippen LogP contribution is -2.25. The van der Waals surface area contributed by atoms with Crippen molar-refractivity contribution in [1.82, 2.24) is 20.1 Å². The van der Waals surface area contributed by atoms with Crippen LogP contribution in [0.15, 0.2) is 54.6 Å². The normalized spacial score (nSPS) is 11.2. The number of nitrogens with one attached hydrogen (secondary N) is 1. The van der Waals surface area contributed by atoms with Crippen molar-refractivity contribution in [2.75, 3.05) is 6.54 Å². The minimum Gasteiger partial charge on any atom is -0.356 e. The Hall–Kier alpha value is -3.47. The molecule has 0 aliphatic heterocycles. The monoisotopic (exact) mass is 440 g/mol. The van der Waals surface area contributed by atoms with Gasteiger partial charge in [0.15, 0.2) is 5.65 Å². The maximum absolute atomic E-state index is 12.4. The SMILES string of the molecule is Cc1ccc(-n2nc(C)c3c(C)c(CCC(=O)NCCCc4ccccc4)c(C)nc32)cc1. The Bertz CT molecular complexity index is 1260. The molecule has 0 aliphatic carbocycles. The molecule has 0 unspecified atom stereocenters. The van der Waals surface area contributed by atoms with Crippen molar-refractivity contribution >= 4 is 16.9 Å². The summed E-state index contributed by atoms with van der Waals surface area (Å²) in [5.41, 5.74) is 8.64. The summed E-state index contributed by atoms with van der Waals surface area (Å²) in [6.45, 7) is 8.96. The summed E-state index contributed by atoms with van der Waals surface area (Å²) in [5, 5.41) is 8.93. The maximum atomic E-state index is 12.4. The van der Waals surface area contributed by atoms with Crippen molar-refractivity contribution in [2.24, 2.45) is 0 Å². The maximum Gasteiger partial charge on any atom is 0.220 e. The number of amides is 1. The molecule has 33 heavy (non-hydrogen) atoms. The Balaban J connectivity index is 1.43. The van der Waals surface area contributed by atoms with E-state index in [2.05, 4.69) is 67.7 Å². The highest BCUT2D eigenvalue weighted by Crippen LogP contribution is 2.28. The van der Waals surface area contributed by atoms with Gasteiger partial charge in [-0.15, -0.1) is 0 Å². The molecule has 2 aromatic carbocycles. The molecular weight excluding hydrogens is 408 g/mol. The number of aromatic nitrogens is 3. The number of pyridine rings is 1. The van der Waals surface area contributed by atoms with Crippen LogP contribution < -0.4 is 5.32 Å². The van der Waals surface area contributed by atoms with Gasteiger partial charge in [0.1, 0.15) is 0 Å². The third kappa shape index (κ3) is 5.14. The van der Waals surface area contributed by atoms with Gasteiger partial charge in [-0.2, -0.15) is 5.10 Å². The van der Waals surface area contributed by atoms with Crippen molar-refractivity contribution in [3.05, 3.63) is 88.2 Å². The summed E-state index contributed by atoms with van der Waals surface area (Å²) < 4.78 is 1.92. The lowest BCUT2D eigenvalue weighted by atomic mass is 9.99. The molecule has 0 atom stereocenters. The molecule has 2 heterocycles. The van der Waals surface area contributed by atoms with Gasteiger partial charge in [0.2, 0.25) is 5.91 Å². The molecule has 0 radical (unpaired) electrons. The van der Waals surface area contributed by atoms with Gasteiger partial charge >= 0.3 is 0 Å². The van der Waals surface area contributed by atoms with Crippen LogP contribution in [0.4, 0.5) is 0 Å². The number of hydrogen-bond acceptors (Lipinski definition) is 3. The Morgan fingerprint density at radius 3 is 2.36 bits per heavy atom. The highest BCUT2D eigenvalue weighted by molar-refractivity contribution is 5.85. The highest BCUT2D eigenvalue weighted by atomic mass is 16.1. The second-order valence-corrected chi connectivity index (χ2v) is 8.77. The van der Waals surface area contributed by atoms with Crippen LogP contribution in [0.5, 0.6) is 0 Å². The second kappa shape index (κ2) is 9.99. The van der Waals surface area contributed by atoms with Crippen LogP contribution in [-0.4, -0.2) is 27.2 Å². The molecule has 0 spiro atoms. The first kappa shape index (κ1) is 22.7. The first-order valence-electron chi connectivity index (χ1n) is 11.7. The predicted molar refractivity (Wildman–Crippen MR) is 134 cm³/mol. The fourth-order valence-electron chi connectivity index (χ4n) is 4.43. The Morgan fingerprint density at radius 1 is 0.909 bits per heavy atom. The summed E-state index contributed by atoms with van der Waals surface area (Å²) in [4.78, 5) is 17.4. The molecule has 0 aliphatic rings. The van der Waals surface area contributed by atoms with Crippen LogP contribution in [0.1, 0.15) is 46.5 Å². The molecule has 0 fully saturated rings. The van der Waals surface area contributed by atoms with Gasteiger partial charge in [-0.1, -0.05) is 48.0 Å². The highest BCUT2D eigenvalue weighted by Gasteiger charge is 2.18. The van der Waals surface area contributed by atoms with Gasteiger partial charge in [-0.05, 0) is 75.8 Å². The number of aryl methyl sites for hydroxylation is 5. The van der Waals surface area contributed by atoms with Gasteiger partial charge in [-0.3, -0.25) is 4.79 Å². The van der Waals surface area contributed by atoms with E-state index in [-0.39, 0.29) is 5.91 Å². The van der Waals surface area contributed by atoms with Crippen molar-refractivity contribution < 1.29 is 4.79 Å². The smallest absolute Gasteiger partial charge is 0.220 e. The fourth-order valence-corrected chi connectivity index (χ4v) is 4.43. The van der Waals surface area contributed by atoms with Crippen LogP contribution in [0.25, 0.3) is 16.7 Å². The molecule has 170 valence electrons. The fraction of sp³-hybridized carbons (Fsp3) is 0.321. The van der Waals surface area contributed by atoms with Crippen LogP contribution in [0.2, 0.25) is 0 Å². The van der Waals surface area contributed by atoms with Gasteiger partial charge in [0.05, 0.1) is 11.4 Å². The summed E-state index contributed by atoms with van der Waals surface area (Å²) >= 11 is 0. The summed E-state index contributed by atoms with van der Waals surface area (Å²) in [6, 6.07) is 18.7. The zero-order valence-corrected chi connectivity index (χ0v) is 20.0. The van der Waals surface area contributed by atoms with E-state index in [0.717, 1.165) is 46.5 Å². The Labute approximate surface area is 195 Å². The first-order valence-corrected chi connectivity index (χ1v) is 11.7. The number of rotatable bonds is 8. The van der Waals surface area contributed by atoms with Gasteiger partial charge < -0.3 is 5.32 Å². The van der Waals surface area contributed by atoms with Crippen molar-refractivity contribution in [2.45, 2.75) is 53.4 Å². The minimum absolute atomic E-state index is 0.0917. The average Bonchev–Trinajstić information content (AvgIpc) is 3.13. The van der Waals surface area contributed by atoms with Crippen LogP contribution in [0, 0.1) is 27.7 Å². The lowest BCUT2D eigenvalue weighted by molar-refractivity contribution is -0.121. The molecular formula is C28H32N4O. The zero-order chi connectivity index (χ0) is 23.4. The molecule has 4 aromatic rings. The standard InChI is InChI=1S/C28H32N4O/c1-19-12-14-24(15-13-19)32-28-27(22(4)31-32)20(2)25(21(3)30-28)16-17-26(33)29-18-8-11-23-9-6-5-7-10-23/h5-7,9-10,12-15H,8,11,16-18H2,1-4H3,(H,29,33). The molecule has 0 bridgehead atoms. The van der Waals surface area contributed by atoms with E-state index < -0.39 is 0 Å². The molecule has 1 amide bonds. The molecule has 1 N–H and O–H groups in total. The lowest BCUT2D eigenvalue weighted by Gasteiger charge is -2.12. The number of carbonyl (C=O) groups excluding carboxylic acids is 1. The largest absolute Gasteiger partial charge is 0.356 e. The number of benzene rings is 2. The quantitative estimate of drug-likeness (QED) is 0.377. The first-order chi connectivity index (χ1) is 15.9. The summed E-state index contributed by atoms with van der Waals surface area (Å²) in [7, 11) is 0. The number of fused-ring (bicyclic) bond motifs is 1. The van der Waals surface area contributed by atoms with E-state index in [1.54, 1.807) is 0 Å². The summed E-state index contributed by atoms with van der Waals surface area (Å²) in [6.07, 6.45) is 3.06. The van der Waals surface area contributed by atoms with Crippen molar-refractivity contribution in [3.8, 4) is 5.69 Å². The Morgan fingerprint density at radius 2 is 1.64 bits per heavy atom. The molecule has 0 saturated carbocycles. The number of nitrogens with zero attached hydrogens (tertiary/aromatic N) is 3. The van der Waals surface area contributed by atoms with Crippen LogP contribution in [-0.2, 0) is 17.6 Å². The van der Waals surface area contributed by atoms with Gasteiger partial charge in [0.25, 0.3) is 0 Å². The Kier molecular flexibility index (Phi) is 6.87. The second-order valence-electron chi connectivity index (χ2n) is 8.77. The molecule has 5 heteroatoms. The topological polar surface area (TPSA) is 59.8 Å². The van der Waals surface area contributed by atoms with Crippen molar-refractivity contribution in [1.29, 1.82) is 0 Å². The molecule has 0 saturated heterocycles. The van der Waals surface area contributed by atoms with Gasteiger partial charge in [-0.25, -0.2) is 9.67 Å². The number of hydrogen-bond donors (Lipinski definition) is 1. The van der Waals surface area contributed by atoms with Crippen LogP contribution in [0.3, 0.4) is 0 Å². The average molecular weight is 441 g/mol. The molecule has 4 rings (SSSR count). The third-order valence-electron chi connectivity index (χ3n) is 6.26. The zero-order valence-electron chi connectivity index (χ0n) is 20.0. The summed E-state index contributed by atoms with van der Waals surface area (Å²) in [5.74, 6) is 0.0917. The molecule has 5 nitrogen and oxygen atoms in total. The van der Waals surface area contributed by atoms with Crippen LogP contribution >= 0.6 is 0 Å². The van der Waals surface area contributed by atoms with E-state index in [9.17, 15) is 4.79 Å². The van der Waals surface area contributed by atoms with E-state index >= 15 is 0 Å². The van der Waals surface area contributed by atoms with Crippen molar-refractivity contribution in [3.63, 3.8) is 0 Å². The van der Waals surface area contributed by atoms with E-state index in [1.807, 2.05) is 24.6 Å². The van der Waals surface area contributed by atoms with E-state index in [0.29, 0.717) is 19.4 Å². The minimum atomic E-state index is 0.0917. The molecule has 2 aromatic heterocycles. The van der Waals surface area contributed by atoms with E-state index in [4.69, 9.17) is 10.1 Å².